The number of hydrogen-bond acceptors (Lipinski definition) is 2. The van der Waals surface area contributed by atoms with E-state index in [1.165, 1.54) is 0 Å². The fourth-order valence-corrected chi connectivity index (χ4v) is 2.42. The van der Waals surface area contributed by atoms with E-state index < -0.39 is 44.9 Å². The number of alkyl halides is 6. The van der Waals surface area contributed by atoms with Crippen molar-refractivity contribution in [3.63, 3.8) is 0 Å². The van der Waals surface area contributed by atoms with Crippen molar-refractivity contribution in [3.8, 4) is 5.69 Å². The number of nitrogens with zero attached hydrogens (tertiary/aromatic N) is 2. The molecule has 2 rings (SSSR count). The molecule has 0 bridgehead atoms. The van der Waals surface area contributed by atoms with Crippen LogP contribution in [0, 0.1) is 0 Å². The fourth-order valence-electron chi connectivity index (χ4n) is 1.76. The van der Waals surface area contributed by atoms with Gasteiger partial charge < -0.3 is 0 Å². The Hall–Kier alpha value is -1.74. The average molecular weight is 377 g/mol. The number of rotatable bonds is 2. The van der Waals surface area contributed by atoms with Gasteiger partial charge in [0.2, 0.25) is 0 Å². The fraction of sp³-hybridized carbons (Fsp3) is 0.167. The Morgan fingerprint density at radius 3 is 1.87 bits per heavy atom. The molecule has 1 aromatic heterocycles. The van der Waals surface area contributed by atoms with Crippen molar-refractivity contribution in [2.45, 2.75) is 12.4 Å². The van der Waals surface area contributed by atoms with Gasteiger partial charge in [-0.05, 0) is 12.1 Å². The summed E-state index contributed by atoms with van der Waals surface area (Å²) in [5.41, 5.74) is -3.88. The minimum atomic E-state index is -4.92. The third kappa shape index (κ3) is 3.45. The molecule has 0 atom stereocenters. The van der Waals surface area contributed by atoms with Gasteiger partial charge in [-0.15, -0.1) is 0 Å². The highest BCUT2D eigenvalue weighted by Crippen LogP contribution is 2.38. The summed E-state index contributed by atoms with van der Waals surface area (Å²) in [4.78, 5) is 10.7. The molecule has 1 aromatic carbocycles. The molecule has 1 heterocycles. The number of carbonyl (C=O) groups is 1. The van der Waals surface area contributed by atoms with Crippen molar-refractivity contribution in [1.29, 1.82) is 0 Å². The summed E-state index contributed by atoms with van der Waals surface area (Å²) in [7, 11) is 0. The molecule has 0 N–H and O–H groups in total. The molecule has 0 amide bonds. The van der Waals surface area contributed by atoms with Gasteiger partial charge in [-0.1, -0.05) is 23.2 Å². The van der Waals surface area contributed by atoms with Crippen LogP contribution in [-0.2, 0) is 12.4 Å². The topological polar surface area (TPSA) is 34.9 Å². The first-order valence-corrected chi connectivity index (χ1v) is 6.39. The van der Waals surface area contributed by atoms with E-state index >= 15 is 0 Å². The zero-order chi connectivity index (χ0) is 17.6. The van der Waals surface area contributed by atoms with Gasteiger partial charge in [0.25, 0.3) is 0 Å². The van der Waals surface area contributed by atoms with E-state index in [1.807, 2.05) is 0 Å². The summed E-state index contributed by atoms with van der Waals surface area (Å²) in [5.74, 6) is 0. The van der Waals surface area contributed by atoms with Crippen LogP contribution in [0.25, 0.3) is 5.69 Å². The highest BCUT2D eigenvalue weighted by Gasteiger charge is 2.38. The second-order valence-corrected chi connectivity index (χ2v) is 5.09. The van der Waals surface area contributed by atoms with Crippen molar-refractivity contribution < 1.29 is 31.1 Å². The minimum Gasteiger partial charge on any atom is -0.298 e. The molecule has 0 saturated carbocycles. The second-order valence-electron chi connectivity index (χ2n) is 4.28. The van der Waals surface area contributed by atoms with E-state index in [9.17, 15) is 31.1 Å². The molecule has 0 aliphatic heterocycles. The predicted molar refractivity (Wildman–Crippen MR) is 69.0 cm³/mol. The Morgan fingerprint density at radius 2 is 1.52 bits per heavy atom. The molecule has 0 aliphatic carbocycles. The smallest absolute Gasteiger partial charge is 0.298 e. The molecule has 0 saturated heterocycles. The highest BCUT2D eigenvalue weighted by molar-refractivity contribution is 6.37. The lowest BCUT2D eigenvalue weighted by atomic mass is 10.2. The molecule has 0 radical (unpaired) electrons. The van der Waals surface area contributed by atoms with Crippen LogP contribution < -0.4 is 0 Å². The van der Waals surface area contributed by atoms with Crippen molar-refractivity contribution in [1.82, 2.24) is 9.78 Å². The summed E-state index contributed by atoms with van der Waals surface area (Å²) >= 11 is 11.4. The summed E-state index contributed by atoms with van der Waals surface area (Å²) in [5, 5.41) is 2.00. The van der Waals surface area contributed by atoms with Crippen LogP contribution >= 0.6 is 23.2 Å². The maximum Gasteiger partial charge on any atom is 0.435 e. The van der Waals surface area contributed by atoms with E-state index in [4.69, 9.17) is 23.2 Å². The molecular weight excluding hydrogens is 373 g/mol. The lowest BCUT2D eigenvalue weighted by Gasteiger charge is -2.12. The third-order valence-corrected chi connectivity index (χ3v) is 3.29. The maximum atomic E-state index is 12.7. The summed E-state index contributed by atoms with van der Waals surface area (Å²) in [6.07, 6.45) is -9.07. The molecule has 0 aliphatic rings. The SMILES string of the molecule is O=Cc1cn(-c2c(Cl)cc(C(F)(F)F)cc2Cl)nc1C(F)(F)F. The summed E-state index contributed by atoms with van der Waals surface area (Å²) in [6.45, 7) is 0. The van der Waals surface area contributed by atoms with Gasteiger partial charge >= 0.3 is 12.4 Å². The van der Waals surface area contributed by atoms with Crippen LogP contribution in [0.1, 0.15) is 21.6 Å². The van der Waals surface area contributed by atoms with Crippen LogP contribution in [-0.4, -0.2) is 16.1 Å². The van der Waals surface area contributed by atoms with Crippen molar-refractivity contribution >= 4 is 29.5 Å². The van der Waals surface area contributed by atoms with Crippen molar-refractivity contribution in [3.05, 3.63) is 45.2 Å². The zero-order valence-corrected chi connectivity index (χ0v) is 12.1. The molecule has 2 aromatic rings. The van der Waals surface area contributed by atoms with Gasteiger partial charge in [-0.3, -0.25) is 4.79 Å². The monoisotopic (exact) mass is 376 g/mol. The van der Waals surface area contributed by atoms with E-state index in [2.05, 4.69) is 5.10 Å². The minimum absolute atomic E-state index is 0.0851. The largest absolute Gasteiger partial charge is 0.435 e. The van der Waals surface area contributed by atoms with Gasteiger partial charge in [0, 0.05) is 6.20 Å². The number of hydrogen-bond donors (Lipinski definition) is 0. The number of benzene rings is 1. The van der Waals surface area contributed by atoms with Gasteiger partial charge in [0.1, 0.15) is 5.69 Å². The van der Waals surface area contributed by atoms with E-state index in [0.717, 1.165) is 0 Å². The van der Waals surface area contributed by atoms with Gasteiger partial charge in [0.05, 0.1) is 21.2 Å². The van der Waals surface area contributed by atoms with E-state index in [-0.39, 0.29) is 6.29 Å². The van der Waals surface area contributed by atoms with Gasteiger partial charge in [-0.2, -0.15) is 31.4 Å². The lowest BCUT2D eigenvalue weighted by molar-refractivity contribution is -0.141. The highest BCUT2D eigenvalue weighted by atomic mass is 35.5. The van der Waals surface area contributed by atoms with Crippen molar-refractivity contribution in [2.24, 2.45) is 0 Å². The second kappa shape index (κ2) is 5.72. The molecule has 0 spiro atoms. The zero-order valence-electron chi connectivity index (χ0n) is 10.6. The third-order valence-electron chi connectivity index (χ3n) is 2.71. The summed E-state index contributed by atoms with van der Waals surface area (Å²) < 4.78 is 76.6. The number of carbonyl (C=O) groups excluding carboxylic acids is 1. The molecule has 124 valence electrons. The van der Waals surface area contributed by atoms with E-state index in [1.54, 1.807) is 0 Å². The lowest BCUT2D eigenvalue weighted by Crippen LogP contribution is -2.10. The van der Waals surface area contributed by atoms with Gasteiger partial charge in [0.15, 0.2) is 12.0 Å². The van der Waals surface area contributed by atoms with Crippen LogP contribution in [0.4, 0.5) is 26.3 Å². The Labute approximate surface area is 134 Å². The molecule has 0 fully saturated rings. The molecule has 0 unspecified atom stereocenters. The molecule has 23 heavy (non-hydrogen) atoms. The van der Waals surface area contributed by atoms with Crippen LogP contribution in [0.2, 0.25) is 10.0 Å². The maximum absolute atomic E-state index is 12.7. The number of aromatic nitrogens is 2. The predicted octanol–water partition coefficient (Wildman–Crippen LogP) is 5.03. The Morgan fingerprint density at radius 1 is 1.00 bits per heavy atom. The van der Waals surface area contributed by atoms with Crippen molar-refractivity contribution in [2.75, 3.05) is 0 Å². The molecule has 11 heteroatoms. The number of aldehydes is 1. The Bertz CT molecular complexity index is 743. The first-order valence-electron chi connectivity index (χ1n) is 5.64. The Kier molecular flexibility index (Phi) is 4.38. The first kappa shape index (κ1) is 17.6. The summed E-state index contributed by atoms with van der Waals surface area (Å²) in [6, 6.07) is 0.997. The quantitative estimate of drug-likeness (QED) is 0.544. The van der Waals surface area contributed by atoms with Crippen LogP contribution in [0.3, 0.4) is 0 Å². The number of halogens is 8. The molecule has 3 nitrogen and oxygen atoms in total. The van der Waals surface area contributed by atoms with Gasteiger partial charge in [-0.25, -0.2) is 4.68 Å². The van der Waals surface area contributed by atoms with Crippen LogP contribution in [0.5, 0.6) is 0 Å². The molecular formula is C12H4Cl2F6N2O. The first-order chi connectivity index (χ1) is 10.4. The van der Waals surface area contributed by atoms with E-state index in [0.29, 0.717) is 23.0 Å². The standard InChI is InChI=1S/C12H4Cl2F6N2O/c13-7-1-6(11(15,16)17)2-8(14)9(7)22-3-5(4-23)10(21-22)12(18,19)20/h1-4H. The van der Waals surface area contributed by atoms with Crippen LogP contribution in [0.15, 0.2) is 18.3 Å². The average Bonchev–Trinajstić information content (AvgIpc) is 2.80. The normalized spacial score (nSPS) is 12.5. The Balaban J connectivity index is 2.64.